The summed E-state index contributed by atoms with van der Waals surface area (Å²) in [4.78, 5) is 12.8. The Morgan fingerprint density at radius 1 is 1.26 bits per heavy atom. The summed E-state index contributed by atoms with van der Waals surface area (Å²) in [5.41, 5.74) is -1.04. The molecule has 0 N–H and O–H groups in total. The Labute approximate surface area is 170 Å². The van der Waals surface area contributed by atoms with Crippen LogP contribution >= 0.6 is 24.0 Å². The summed E-state index contributed by atoms with van der Waals surface area (Å²) >= 11 is 6.77. The third-order valence-corrected chi connectivity index (χ3v) is 8.15. The van der Waals surface area contributed by atoms with Crippen LogP contribution in [0.25, 0.3) is 0 Å². The maximum atomic E-state index is 12.8. The van der Waals surface area contributed by atoms with Gasteiger partial charge in [0, 0.05) is 17.3 Å². The predicted molar refractivity (Wildman–Crippen MR) is 107 cm³/mol. The molecular formula is C20H28O5S2. The normalized spacial score (nSPS) is 48.8. The van der Waals surface area contributed by atoms with E-state index in [-0.39, 0.29) is 47.4 Å². The van der Waals surface area contributed by atoms with Crippen molar-refractivity contribution in [1.82, 2.24) is 0 Å². The number of hydrogen-bond donors (Lipinski definition) is 0. The molecular weight excluding hydrogens is 384 g/mol. The zero-order valence-electron chi connectivity index (χ0n) is 16.7. The van der Waals surface area contributed by atoms with Crippen LogP contribution in [0.4, 0.5) is 0 Å². The SMILES string of the molecule is COC(=O)[C@@]1(C)C[C@@H]2[C@@H]3C=C[C@](C)([C@@H]2[C@@H]1OC(=S)SC)[C@H]1OC(C)(C)O[C@@H]31. The van der Waals surface area contributed by atoms with E-state index in [1.165, 1.54) is 18.9 Å². The van der Waals surface area contributed by atoms with Gasteiger partial charge in [-0.15, -0.1) is 0 Å². The Kier molecular flexibility index (Phi) is 4.50. The number of thiocarbonyl (C=S) groups is 1. The molecule has 0 radical (unpaired) electrons. The van der Waals surface area contributed by atoms with E-state index in [0.717, 1.165) is 0 Å². The number of thioether (sulfide) groups is 1. The largest absolute Gasteiger partial charge is 0.474 e. The van der Waals surface area contributed by atoms with Crippen molar-refractivity contribution in [3.8, 4) is 0 Å². The van der Waals surface area contributed by atoms with Gasteiger partial charge < -0.3 is 18.9 Å². The van der Waals surface area contributed by atoms with Crippen molar-refractivity contribution in [3.05, 3.63) is 12.2 Å². The maximum Gasteiger partial charge on any atom is 0.315 e. The predicted octanol–water partition coefficient (Wildman–Crippen LogP) is 3.56. The Balaban J connectivity index is 1.78. The Hall–Kier alpha value is -0.630. The molecule has 0 aromatic heterocycles. The highest BCUT2D eigenvalue weighted by Gasteiger charge is 2.72. The van der Waals surface area contributed by atoms with Gasteiger partial charge in [-0.2, -0.15) is 0 Å². The van der Waals surface area contributed by atoms with Gasteiger partial charge in [0.1, 0.15) is 11.5 Å². The zero-order chi connectivity index (χ0) is 19.8. The highest BCUT2D eigenvalue weighted by molar-refractivity contribution is 8.22. The fourth-order valence-corrected chi connectivity index (χ4v) is 6.37. The average molecular weight is 413 g/mol. The quantitative estimate of drug-likeness (QED) is 0.390. The molecule has 5 aliphatic rings. The van der Waals surface area contributed by atoms with Gasteiger partial charge in [0.25, 0.3) is 0 Å². The third kappa shape index (κ3) is 2.65. The minimum Gasteiger partial charge on any atom is -0.474 e. The van der Waals surface area contributed by atoms with Crippen LogP contribution in [-0.2, 0) is 23.7 Å². The molecule has 1 saturated heterocycles. The molecule has 27 heavy (non-hydrogen) atoms. The smallest absolute Gasteiger partial charge is 0.315 e. The van der Waals surface area contributed by atoms with Gasteiger partial charge in [0.2, 0.25) is 4.38 Å². The van der Waals surface area contributed by atoms with Crippen molar-refractivity contribution in [2.75, 3.05) is 13.4 Å². The lowest BCUT2D eigenvalue weighted by Gasteiger charge is -2.55. The first-order chi connectivity index (χ1) is 12.6. The molecule has 3 fully saturated rings. The molecule has 8 atom stereocenters. The summed E-state index contributed by atoms with van der Waals surface area (Å²) in [5.74, 6) is -0.265. The number of carbonyl (C=O) groups excluding carboxylic acids is 1. The second-order valence-corrected chi connectivity index (χ2v) is 10.5. The van der Waals surface area contributed by atoms with Crippen LogP contribution in [0.5, 0.6) is 0 Å². The highest BCUT2D eigenvalue weighted by atomic mass is 32.2. The maximum absolute atomic E-state index is 12.8. The molecule has 4 aliphatic carbocycles. The zero-order valence-corrected chi connectivity index (χ0v) is 18.3. The lowest BCUT2D eigenvalue weighted by molar-refractivity contribution is -0.164. The van der Waals surface area contributed by atoms with Crippen molar-refractivity contribution < 1.29 is 23.7 Å². The van der Waals surface area contributed by atoms with Crippen LogP contribution in [0.2, 0.25) is 0 Å². The van der Waals surface area contributed by atoms with E-state index in [1.807, 2.05) is 27.0 Å². The molecule has 0 aromatic carbocycles. The fourth-order valence-electron chi connectivity index (χ4n) is 6.07. The van der Waals surface area contributed by atoms with Crippen LogP contribution in [-0.4, -0.2) is 47.8 Å². The van der Waals surface area contributed by atoms with Crippen molar-refractivity contribution in [1.29, 1.82) is 0 Å². The number of esters is 1. The Morgan fingerprint density at radius 3 is 2.59 bits per heavy atom. The van der Waals surface area contributed by atoms with Crippen molar-refractivity contribution in [2.45, 2.75) is 58.2 Å². The molecule has 5 nitrogen and oxygen atoms in total. The summed E-state index contributed by atoms with van der Waals surface area (Å²) in [6, 6.07) is 0. The lowest BCUT2D eigenvalue weighted by atomic mass is 9.53. The van der Waals surface area contributed by atoms with E-state index in [0.29, 0.717) is 10.8 Å². The second kappa shape index (κ2) is 6.18. The van der Waals surface area contributed by atoms with Gasteiger partial charge >= 0.3 is 5.97 Å². The molecule has 0 amide bonds. The molecule has 0 aromatic rings. The Bertz CT molecular complexity index is 706. The number of methoxy groups -OCH3 is 1. The minimum atomic E-state index is -0.746. The van der Waals surface area contributed by atoms with Crippen molar-refractivity contribution in [3.63, 3.8) is 0 Å². The van der Waals surface area contributed by atoms with E-state index < -0.39 is 11.2 Å². The molecule has 7 heteroatoms. The summed E-state index contributed by atoms with van der Waals surface area (Å²) in [6.45, 7) is 8.11. The van der Waals surface area contributed by atoms with Gasteiger partial charge in [-0.25, -0.2) is 0 Å². The molecule has 150 valence electrons. The molecule has 2 bridgehead atoms. The van der Waals surface area contributed by atoms with Gasteiger partial charge in [0.05, 0.1) is 19.3 Å². The summed E-state index contributed by atoms with van der Waals surface area (Å²) < 4.78 is 24.5. The number of carbonyl (C=O) groups is 1. The first kappa shape index (κ1) is 19.7. The van der Waals surface area contributed by atoms with Gasteiger partial charge in [-0.3, -0.25) is 4.79 Å². The van der Waals surface area contributed by atoms with Crippen molar-refractivity contribution in [2.24, 2.45) is 28.6 Å². The van der Waals surface area contributed by atoms with Gasteiger partial charge in [-0.05, 0) is 51.6 Å². The van der Waals surface area contributed by atoms with E-state index in [4.69, 9.17) is 31.2 Å². The first-order valence-corrected chi connectivity index (χ1v) is 11.1. The summed E-state index contributed by atoms with van der Waals surface area (Å²) in [5, 5.41) is 0. The van der Waals surface area contributed by atoms with E-state index in [1.54, 1.807) is 0 Å². The topological polar surface area (TPSA) is 54.0 Å². The number of ether oxygens (including phenoxy) is 4. The van der Waals surface area contributed by atoms with Crippen LogP contribution in [0.15, 0.2) is 12.2 Å². The minimum absolute atomic E-state index is 0.00407. The van der Waals surface area contributed by atoms with Crippen LogP contribution < -0.4 is 0 Å². The van der Waals surface area contributed by atoms with Crippen molar-refractivity contribution >= 4 is 34.3 Å². The summed E-state index contributed by atoms with van der Waals surface area (Å²) in [7, 11) is 1.44. The molecule has 5 rings (SSSR count). The molecule has 2 saturated carbocycles. The fraction of sp³-hybridized carbons (Fsp3) is 0.800. The second-order valence-electron chi connectivity index (χ2n) is 9.12. The average Bonchev–Trinajstić information content (AvgIpc) is 3.11. The van der Waals surface area contributed by atoms with E-state index >= 15 is 0 Å². The van der Waals surface area contributed by atoms with Crippen LogP contribution in [0, 0.1) is 28.6 Å². The number of rotatable bonds is 2. The van der Waals surface area contributed by atoms with E-state index in [2.05, 4.69) is 19.1 Å². The summed E-state index contributed by atoms with van der Waals surface area (Å²) in [6.07, 6.45) is 6.71. The Morgan fingerprint density at radius 2 is 1.96 bits per heavy atom. The molecule has 1 aliphatic heterocycles. The standard InChI is InChI=1S/C20H28O5S2/c1-18(2)24-13-10-7-8-19(3,15(13)25-18)12-11(10)9-20(4,16(21)22-5)14(12)23-17(26)27-6/h7-8,10-15H,9H2,1-6H3/t10-,11+,12-,13-,14-,15-,19+,20-/m0/s1. The van der Waals surface area contributed by atoms with Gasteiger partial charge in [-0.1, -0.05) is 30.8 Å². The molecule has 0 spiro atoms. The monoisotopic (exact) mass is 412 g/mol. The lowest BCUT2D eigenvalue weighted by Crippen LogP contribution is -2.60. The first-order valence-electron chi connectivity index (χ1n) is 9.45. The third-order valence-electron chi connectivity index (χ3n) is 7.13. The molecule has 1 heterocycles. The van der Waals surface area contributed by atoms with Crippen LogP contribution in [0.1, 0.15) is 34.1 Å². The highest BCUT2D eigenvalue weighted by Crippen LogP contribution is 2.67. The molecule has 0 unspecified atom stereocenters. The van der Waals surface area contributed by atoms with Gasteiger partial charge in [0.15, 0.2) is 5.79 Å². The van der Waals surface area contributed by atoms with Crippen LogP contribution in [0.3, 0.4) is 0 Å². The van der Waals surface area contributed by atoms with E-state index in [9.17, 15) is 4.79 Å². The number of hydrogen-bond acceptors (Lipinski definition) is 7.